The molecule has 0 unspecified atom stereocenters. The van der Waals surface area contributed by atoms with E-state index in [0.29, 0.717) is 17.8 Å². The quantitative estimate of drug-likeness (QED) is 0.891. The zero-order valence-corrected chi connectivity index (χ0v) is 12.8. The molecule has 0 saturated carbocycles. The summed E-state index contributed by atoms with van der Waals surface area (Å²) in [5.41, 5.74) is 3.62. The number of hydrogen-bond donors (Lipinski definition) is 2. The number of rotatable bonds is 5. The minimum absolute atomic E-state index is 0.138. The second-order valence-corrected chi connectivity index (χ2v) is 5.19. The molecule has 0 spiro atoms. The van der Waals surface area contributed by atoms with Gasteiger partial charge in [0.1, 0.15) is 0 Å². The van der Waals surface area contributed by atoms with Gasteiger partial charge < -0.3 is 10.6 Å². The Balaban J connectivity index is 1.92. The largest absolute Gasteiger partial charge is 0.352 e. The topological polar surface area (TPSA) is 58.2 Å². The molecule has 0 aliphatic rings. The van der Waals surface area contributed by atoms with Crippen molar-refractivity contribution >= 4 is 17.5 Å². The lowest BCUT2D eigenvalue weighted by atomic mass is 10.1. The van der Waals surface area contributed by atoms with Crippen molar-refractivity contribution in [2.75, 3.05) is 11.9 Å². The van der Waals surface area contributed by atoms with Gasteiger partial charge in [-0.1, -0.05) is 30.3 Å². The van der Waals surface area contributed by atoms with Crippen LogP contribution < -0.4 is 10.6 Å². The van der Waals surface area contributed by atoms with E-state index >= 15 is 0 Å². The first-order valence-corrected chi connectivity index (χ1v) is 7.26. The molecular formula is C18H20N2O2. The lowest BCUT2D eigenvalue weighted by molar-refractivity contribution is -0.114. The van der Waals surface area contributed by atoms with Crippen molar-refractivity contribution < 1.29 is 9.59 Å². The molecule has 0 aliphatic heterocycles. The number of benzene rings is 2. The van der Waals surface area contributed by atoms with E-state index in [0.717, 1.165) is 6.42 Å². The van der Waals surface area contributed by atoms with E-state index in [2.05, 4.69) is 29.7 Å². The minimum atomic E-state index is -0.155. The van der Waals surface area contributed by atoms with E-state index in [1.165, 1.54) is 18.1 Å². The molecule has 0 saturated heterocycles. The summed E-state index contributed by atoms with van der Waals surface area (Å²) in [5, 5.41) is 5.57. The van der Waals surface area contributed by atoms with Gasteiger partial charge in [-0.25, -0.2) is 0 Å². The molecule has 0 radical (unpaired) electrons. The van der Waals surface area contributed by atoms with Crippen LogP contribution in [-0.4, -0.2) is 18.4 Å². The van der Waals surface area contributed by atoms with E-state index in [1.807, 2.05) is 12.1 Å². The maximum atomic E-state index is 12.1. The zero-order chi connectivity index (χ0) is 15.9. The maximum absolute atomic E-state index is 12.1. The molecule has 0 atom stereocenters. The van der Waals surface area contributed by atoms with Crippen molar-refractivity contribution in [1.29, 1.82) is 0 Å². The maximum Gasteiger partial charge on any atom is 0.251 e. The third-order valence-corrected chi connectivity index (χ3v) is 3.39. The van der Waals surface area contributed by atoms with E-state index < -0.39 is 0 Å². The van der Waals surface area contributed by atoms with Crippen molar-refractivity contribution in [3.63, 3.8) is 0 Å². The fraction of sp³-hybridized carbons (Fsp3) is 0.222. The molecule has 0 heterocycles. The van der Waals surface area contributed by atoms with Crippen LogP contribution in [0.1, 0.15) is 28.4 Å². The number of aryl methyl sites for hydroxylation is 1. The van der Waals surface area contributed by atoms with E-state index in [9.17, 15) is 9.59 Å². The van der Waals surface area contributed by atoms with E-state index in [4.69, 9.17) is 0 Å². The molecule has 0 fully saturated rings. The molecule has 4 heteroatoms. The molecule has 2 N–H and O–H groups in total. The molecule has 114 valence electrons. The van der Waals surface area contributed by atoms with Gasteiger partial charge in [0.25, 0.3) is 5.91 Å². The number of anilines is 1. The molecule has 0 bridgehead atoms. The zero-order valence-electron chi connectivity index (χ0n) is 12.8. The number of carbonyl (C=O) groups excluding carboxylic acids is 2. The molecule has 0 aromatic heterocycles. The monoisotopic (exact) mass is 296 g/mol. The van der Waals surface area contributed by atoms with Crippen LogP contribution >= 0.6 is 0 Å². The van der Waals surface area contributed by atoms with Gasteiger partial charge in [0.15, 0.2) is 0 Å². The van der Waals surface area contributed by atoms with Crippen molar-refractivity contribution in [1.82, 2.24) is 5.32 Å². The van der Waals surface area contributed by atoms with Crippen LogP contribution in [-0.2, 0) is 11.2 Å². The van der Waals surface area contributed by atoms with Gasteiger partial charge in [0.2, 0.25) is 5.91 Å². The Morgan fingerprint density at radius 1 is 1.05 bits per heavy atom. The predicted octanol–water partition coefficient (Wildman–Crippen LogP) is 2.93. The molecule has 0 aliphatic carbocycles. The first kappa shape index (κ1) is 15.8. The van der Waals surface area contributed by atoms with Crippen LogP contribution in [0.5, 0.6) is 0 Å². The smallest absolute Gasteiger partial charge is 0.251 e. The summed E-state index contributed by atoms with van der Waals surface area (Å²) in [6, 6.07) is 15.0. The molecule has 2 rings (SSSR count). The van der Waals surface area contributed by atoms with Crippen LogP contribution in [0.4, 0.5) is 5.69 Å². The van der Waals surface area contributed by atoms with E-state index in [1.54, 1.807) is 24.3 Å². The van der Waals surface area contributed by atoms with Gasteiger partial charge in [0.05, 0.1) is 0 Å². The van der Waals surface area contributed by atoms with Crippen LogP contribution in [0.2, 0.25) is 0 Å². The highest BCUT2D eigenvalue weighted by Crippen LogP contribution is 2.11. The van der Waals surface area contributed by atoms with Crippen molar-refractivity contribution in [2.45, 2.75) is 20.3 Å². The molecular weight excluding hydrogens is 276 g/mol. The predicted molar refractivity (Wildman–Crippen MR) is 88.0 cm³/mol. The van der Waals surface area contributed by atoms with Gasteiger partial charge >= 0.3 is 0 Å². The van der Waals surface area contributed by atoms with Crippen LogP contribution in [0.15, 0.2) is 48.5 Å². The Labute approximate surface area is 130 Å². The summed E-state index contributed by atoms with van der Waals surface area (Å²) in [4.78, 5) is 23.2. The number of nitrogens with one attached hydrogen (secondary N) is 2. The highest BCUT2D eigenvalue weighted by atomic mass is 16.2. The standard InChI is InChI=1S/C18H20N2O2/c1-13-6-3-4-7-15(13)10-11-19-18(22)16-8-5-9-17(12-16)20-14(2)21/h3-9,12H,10-11H2,1-2H3,(H,19,22)(H,20,21). The third-order valence-electron chi connectivity index (χ3n) is 3.39. The fourth-order valence-electron chi connectivity index (χ4n) is 2.24. The SMILES string of the molecule is CC(=O)Nc1cccc(C(=O)NCCc2ccccc2C)c1. The highest BCUT2D eigenvalue weighted by Gasteiger charge is 2.06. The lowest BCUT2D eigenvalue weighted by Crippen LogP contribution is -2.26. The summed E-state index contributed by atoms with van der Waals surface area (Å²) in [7, 11) is 0. The molecule has 2 amide bonds. The Morgan fingerprint density at radius 3 is 2.55 bits per heavy atom. The Morgan fingerprint density at radius 2 is 1.82 bits per heavy atom. The second kappa shape index (κ2) is 7.41. The lowest BCUT2D eigenvalue weighted by Gasteiger charge is -2.09. The van der Waals surface area contributed by atoms with Crippen LogP contribution in [0.25, 0.3) is 0 Å². The normalized spacial score (nSPS) is 10.1. The second-order valence-electron chi connectivity index (χ2n) is 5.19. The third kappa shape index (κ3) is 4.45. The van der Waals surface area contributed by atoms with Gasteiger partial charge in [-0.05, 0) is 42.7 Å². The fourth-order valence-corrected chi connectivity index (χ4v) is 2.24. The summed E-state index contributed by atoms with van der Waals surface area (Å²) in [6.45, 7) is 4.08. The Kier molecular flexibility index (Phi) is 5.31. The average molecular weight is 296 g/mol. The molecule has 22 heavy (non-hydrogen) atoms. The number of hydrogen-bond acceptors (Lipinski definition) is 2. The van der Waals surface area contributed by atoms with Crippen molar-refractivity contribution in [3.8, 4) is 0 Å². The van der Waals surface area contributed by atoms with Gasteiger partial charge in [-0.3, -0.25) is 9.59 Å². The Hall–Kier alpha value is -2.62. The molecule has 2 aromatic rings. The first-order valence-electron chi connectivity index (χ1n) is 7.26. The average Bonchev–Trinajstić information content (AvgIpc) is 2.48. The summed E-state index contributed by atoms with van der Waals surface area (Å²) >= 11 is 0. The number of carbonyl (C=O) groups is 2. The highest BCUT2D eigenvalue weighted by molar-refractivity contribution is 5.96. The van der Waals surface area contributed by atoms with Crippen LogP contribution in [0, 0.1) is 6.92 Å². The van der Waals surface area contributed by atoms with Gasteiger partial charge in [-0.15, -0.1) is 0 Å². The Bertz CT molecular complexity index is 680. The summed E-state index contributed by atoms with van der Waals surface area (Å²) in [5.74, 6) is -0.294. The number of amides is 2. The first-order chi connectivity index (χ1) is 10.6. The minimum Gasteiger partial charge on any atom is -0.352 e. The molecule has 2 aromatic carbocycles. The molecule has 4 nitrogen and oxygen atoms in total. The summed E-state index contributed by atoms with van der Waals surface area (Å²) < 4.78 is 0. The van der Waals surface area contributed by atoms with Crippen molar-refractivity contribution in [3.05, 3.63) is 65.2 Å². The van der Waals surface area contributed by atoms with Gasteiger partial charge in [-0.2, -0.15) is 0 Å². The van der Waals surface area contributed by atoms with E-state index in [-0.39, 0.29) is 11.8 Å². The summed E-state index contributed by atoms with van der Waals surface area (Å²) in [6.07, 6.45) is 0.795. The van der Waals surface area contributed by atoms with Crippen molar-refractivity contribution in [2.24, 2.45) is 0 Å². The van der Waals surface area contributed by atoms with Crippen LogP contribution in [0.3, 0.4) is 0 Å². The van der Waals surface area contributed by atoms with Gasteiger partial charge in [0, 0.05) is 24.7 Å².